The number of aryl methyl sites for hydroxylation is 2. The first kappa shape index (κ1) is 18.5. The van der Waals surface area contributed by atoms with Gasteiger partial charge in [-0.15, -0.1) is 11.3 Å². The number of fused-ring (bicyclic) bond motifs is 3. The van der Waals surface area contributed by atoms with E-state index in [0.717, 1.165) is 48.5 Å². The van der Waals surface area contributed by atoms with Gasteiger partial charge in [-0.25, -0.2) is 4.98 Å². The second-order valence-electron chi connectivity index (χ2n) is 7.82. The van der Waals surface area contributed by atoms with Crippen molar-refractivity contribution in [2.75, 3.05) is 31.1 Å². The van der Waals surface area contributed by atoms with Gasteiger partial charge in [-0.2, -0.15) is 0 Å². The molecule has 1 amide bonds. The molecule has 146 valence electrons. The molecule has 0 spiro atoms. The molecule has 1 aliphatic heterocycles. The van der Waals surface area contributed by atoms with Crippen LogP contribution < -0.4 is 10.5 Å². The second-order valence-corrected chi connectivity index (χ2v) is 8.90. The minimum Gasteiger partial charge on any atom is -0.339 e. The van der Waals surface area contributed by atoms with E-state index in [1.54, 1.807) is 11.3 Å². The standard InChI is InChI=1S/C20H28N4O2S/c1-4-24-19(26)16-14-7-5-6-8-15(14)27-17(16)21-20(24)23-11-9-22(10-12-23)18(25)13(2)3/h13H,4-12H2,1-3H3. The van der Waals surface area contributed by atoms with Crippen LogP contribution in [-0.2, 0) is 24.2 Å². The number of aromatic nitrogens is 2. The third-order valence-corrected chi connectivity index (χ3v) is 6.92. The van der Waals surface area contributed by atoms with Gasteiger partial charge in [0.1, 0.15) is 4.83 Å². The van der Waals surface area contributed by atoms with E-state index in [1.165, 1.54) is 16.9 Å². The molecule has 7 heteroatoms. The van der Waals surface area contributed by atoms with Crippen LogP contribution >= 0.6 is 11.3 Å². The molecular formula is C20H28N4O2S. The number of rotatable bonds is 3. The van der Waals surface area contributed by atoms with Crippen molar-refractivity contribution >= 4 is 33.4 Å². The van der Waals surface area contributed by atoms with Crippen LogP contribution in [-0.4, -0.2) is 46.5 Å². The van der Waals surface area contributed by atoms with Gasteiger partial charge in [-0.1, -0.05) is 13.8 Å². The fourth-order valence-corrected chi connectivity index (χ4v) is 5.49. The summed E-state index contributed by atoms with van der Waals surface area (Å²) in [7, 11) is 0. The van der Waals surface area contributed by atoms with Gasteiger partial charge in [0.2, 0.25) is 11.9 Å². The van der Waals surface area contributed by atoms with Crippen molar-refractivity contribution in [3.8, 4) is 0 Å². The van der Waals surface area contributed by atoms with Gasteiger partial charge >= 0.3 is 0 Å². The summed E-state index contributed by atoms with van der Waals surface area (Å²) < 4.78 is 1.82. The highest BCUT2D eigenvalue weighted by Crippen LogP contribution is 2.34. The number of carbonyl (C=O) groups excluding carboxylic acids is 1. The number of thiophene rings is 1. The predicted octanol–water partition coefficient (Wildman–Crippen LogP) is 2.66. The molecule has 2 aliphatic rings. The normalized spacial score (nSPS) is 17.6. The Bertz CT molecular complexity index is 922. The monoisotopic (exact) mass is 388 g/mol. The number of nitrogens with zero attached hydrogens (tertiary/aromatic N) is 4. The maximum Gasteiger partial charge on any atom is 0.263 e. The molecular weight excluding hydrogens is 360 g/mol. The van der Waals surface area contributed by atoms with E-state index in [0.29, 0.717) is 19.6 Å². The van der Waals surface area contributed by atoms with Gasteiger partial charge in [0, 0.05) is 43.5 Å². The first-order chi connectivity index (χ1) is 13.0. The van der Waals surface area contributed by atoms with E-state index >= 15 is 0 Å². The first-order valence-corrected chi connectivity index (χ1v) is 10.9. The van der Waals surface area contributed by atoms with Crippen LogP contribution in [0.15, 0.2) is 4.79 Å². The summed E-state index contributed by atoms with van der Waals surface area (Å²) in [5, 5.41) is 0.855. The van der Waals surface area contributed by atoms with E-state index < -0.39 is 0 Å². The van der Waals surface area contributed by atoms with Gasteiger partial charge in [-0.3, -0.25) is 14.2 Å². The summed E-state index contributed by atoms with van der Waals surface area (Å²) in [6, 6.07) is 0. The van der Waals surface area contributed by atoms with Gasteiger partial charge in [0.25, 0.3) is 5.56 Å². The summed E-state index contributed by atoms with van der Waals surface area (Å²) in [6.45, 7) is 9.34. The molecule has 0 bridgehead atoms. The van der Waals surface area contributed by atoms with Crippen molar-refractivity contribution in [1.82, 2.24) is 14.5 Å². The fraction of sp³-hybridized carbons (Fsp3) is 0.650. The number of hydrogen-bond donors (Lipinski definition) is 0. The van der Waals surface area contributed by atoms with Crippen molar-refractivity contribution < 1.29 is 4.79 Å². The molecule has 27 heavy (non-hydrogen) atoms. The molecule has 2 aromatic rings. The lowest BCUT2D eigenvalue weighted by Crippen LogP contribution is -2.51. The summed E-state index contributed by atoms with van der Waals surface area (Å²) >= 11 is 1.70. The van der Waals surface area contributed by atoms with Crippen LogP contribution in [0.5, 0.6) is 0 Å². The summed E-state index contributed by atoms with van der Waals surface area (Å²) in [5.41, 5.74) is 1.36. The summed E-state index contributed by atoms with van der Waals surface area (Å²) in [6.07, 6.45) is 4.46. The minimum atomic E-state index is 0.0253. The van der Waals surface area contributed by atoms with Crippen molar-refractivity contribution in [3.05, 3.63) is 20.8 Å². The molecule has 0 N–H and O–H groups in total. The predicted molar refractivity (Wildman–Crippen MR) is 110 cm³/mol. The molecule has 6 nitrogen and oxygen atoms in total. The zero-order chi connectivity index (χ0) is 19.1. The molecule has 2 aromatic heterocycles. The van der Waals surface area contributed by atoms with Crippen LogP contribution in [0.4, 0.5) is 5.95 Å². The third-order valence-electron chi connectivity index (χ3n) is 5.74. The lowest BCUT2D eigenvalue weighted by Gasteiger charge is -2.36. The van der Waals surface area contributed by atoms with E-state index in [9.17, 15) is 9.59 Å². The number of amides is 1. The molecule has 0 saturated carbocycles. The number of carbonyl (C=O) groups is 1. The smallest absolute Gasteiger partial charge is 0.263 e. The highest BCUT2D eigenvalue weighted by molar-refractivity contribution is 7.18. The topological polar surface area (TPSA) is 58.4 Å². The van der Waals surface area contributed by atoms with E-state index in [-0.39, 0.29) is 17.4 Å². The Kier molecular flexibility index (Phi) is 4.97. The zero-order valence-electron chi connectivity index (χ0n) is 16.5. The van der Waals surface area contributed by atoms with Crippen LogP contribution in [0.1, 0.15) is 44.1 Å². The van der Waals surface area contributed by atoms with Crippen molar-refractivity contribution in [1.29, 1.82) is 0 Å². The van der Waals surface area contributed by atoms with Gasteiger partial charge in [0.05, 0.1) is 5.39 Å². The Morgan fingerprint density at radius 2 is 1.85 bits per heavy atom. The number of hydrogen-bond acceptors (Lipinski definition) is 5. The van der Waals surface area contributed by atoms with Crippen molar-refractivity contribution in [3.63, 3.8) is 0 Å². The highest BCUT2D eigenvalue weighted by Gasteiger charge is 2.27. The van der Waals surface area contributed by atoms with Crippen molar-refractivity contribution in [2.45, 2.75) is 53.0 Å². The summed E-state index contributed by atoms with van der Waals surface area (Å²) in [5.74, 6) is 0.999. The van der Waals surface area contributed by atoms with E-state index in [2.05, 4.69) is 4.90 Å². The Hall–Kier alpha value is -1.89. The molecule has 3 heterocycles. The SMILES string of the molecule is CCn1c(N2CCN(C(=O)C(C)C)CC2)nc2sc3c(c2c1=O)CCCC3. The average Bonchev–Trinajstić information content (AvgIpc) is 3.06. The molecule has 1 fully saturated rings. The molecule has 0 aromatic carbocycles. The molecule has 4 rings (SSSR count). The van der Waals surface area contributed by atoms with Crippen LogP contribution in [0.3, 0.4) is 0 Å². The zero-order valence-corrected chi connectivity index (χ0v) is 17.3. The fourth-order valence-electron chi connectivity index (χ4n) is 4.25. The lowest BCUT2D eigenvalue weighted by molar-refractivity contribution is -0.134. The lowest BCUT2D eigenvalue weighted by atomic mass is 9.97. The minimum absolute atomic E-state index is 0.0253. The Morgan fingerprint density at radius 1 is 1.15 bits per heavy atom. The van der Waals surface area contributed by atoms with Crippen LogP contribution in [0.2, 0.25) is 0 Å². The van der Waals surface area contributed by atoms with Crippen LogP contribution in [0.25, 0.3) is 10.2 Å². The number of piperazine rings is 1. The Morgan fingerprint density at radius 3 is 2.52 bits per heavy atom. The summed E-state index contributed by atoms with van der Waals surface area (Å²) in [4.78, 5) is 36.8. The Labute approximate surface area is 163 Å². The second kappa shape index (κ2) is 7.26. The molecule has 0 atom stereocenters. The number of anilines is 1. The third kappa shape index (κ3) is 3.16. The Balaban J connectivity index is 1.68. The first-order valence-electron chi connectivity index (χ1n) is 10.1. The quantitative estimate of drug-likeness (QED) is 0.811. The van der Waals surface area contributed by atoms with Crippen LogP contribution in [0, 0.1) is 5.92 Å². The van der Waals surface area contributed by atoms with Gasteiger partial charge < -0.3 is 9.80 Å². The maximum atomic E-state index is 13.3. The van der Waals surface area contributed by atoms with Gasteiger partial charge in [0.15, 0.2) is 0 Å². The van der Waals surface area contributed by atoms with Gasteiger partial charge in [-0.05, 0) is 38.2 Å². The average molecular weight is 389 g/mol. The highest BCUT2D eigenvalue weighted by atomic mass is 32.1. The molecule has 0 unspecified atom stereocenters. The molecule has 0 radical (unpaired) electrons. The molecule has 1 saturated heterocycles. The largest absolute Gasteiger partial charge is 0.339 e. The van der Waals surface area contributed by atoms with E-state index in [4.69, 9.17) is 4.98 Å². The maximum absolute atomic E-state index is 13.3. The van der Waals surface area contributed by atoms with E-state index in [1.807, 2.05) is 30.2 Å². The molecule has 1 aliphatic carbocycles. The van der Waals surface area contributed by atoms with Crippen molar-refractivity contribution in [2.24, 2.45) is 5.92 Å².